The fourth-order valence-electron chi connectivity index (χ4n) is 7.67. The third-order valence-corrected chi connectivity index (χ3v) is 10.7. The summed E-state index contributed by atoms with van der Waals surface area (Å²) in [5.74, 6) is 0.837. The van der Waals surface area contributed by atoms with Crippen LogP contribution < -0.4 is 0 Å². The lowest BCUT2D eigenvalue weighted by molar-refractivity contribution is -0.0448. The zero-order valence-electron chi connectivity index (χ0n) is 23.9. The van der Waals surface area contributed by atoms with Crippen molar-refractivity contribution >= 4 is 0 Å². The maximum absolute atomic E-state index is 2.89. The molecular weight excluding hydrogens is 402 g/mol. The highest BCUT2D eigenvalue weighted by Crippen LogP contribution is 2.48. The second-order valence-corrected chi connectivity index (χ2v) is 15.1. The van der Waals surface area contributed by atoms with Crippen LogP contribution in [-0.4, -0.2) is 69.6 Å². The minimum Gasteiger partial charge on any atom is -0.298 e. The van der Waals surface area contributed by atoms with Gasteiger partial charge < -0.3 is 0 Å². The summed E-state index contributed by atoms with van der Waals surface area (Å²) in [7, 11) is 0. The third kappa shape index (κ3) is 5.51. The maximum atomic E-state index is 2.89. The minimum atomic E-state index is 0. The molecule has 3 heterocycles. The fraction of sp³-hybridized carbons (Fsp3) is 1.00. The Hall–Kier alpha value is -0.120. The quantitative estimate of drug-likeness (QED) is 0.392. The molecule has 2 atom stereocenters. The number of nitrogens with zero attached hydrogens (tertiary/aromatic N) is 3. The van der Waals surface area contributed by atoms with Crippen LogP contribution in [0.5, 0.6) is 0 Å². The van der Waals surface area contributed by atoms with E-state index in [-0.39, 0.29) is 18.5 Å². The third-order valence-electron chi connectivity index (χ3n) is 10.7. The summed E-state index contributed by atoms with van der Waals surface area (Å²) < 4.78 is 0. The Labute approximate surface area is 209 Å². The summed E-state index contributed by atoms with van der Waals surface area (Å²) in [6.07, 6.45) is 6.64. The van der Waals surface area contributed by atoms with Gasteiger partial charge in [-0.2, -0.15) is 0 Å². The normalized spacial score (nSPS) is 27.3. The molecule has 0 saturated carbocycles. The molecule has 3 saturated heterocycles. The number of hydrogen-bond acceptors (Lipinski definition) is 3. The summed E-state index contributed by atoms with van der Waals surface area (Å²) in [5.41, 5.74) is 1.61. The molecule has 0 spiro atoms. The van der Waals surface area contributed by atoms with Crippen LogP contribution in [0.25, 0.3) is 0 Å². The average Bonchev–Trinajstić information content (AvgIpc) is 3.28. The van der Waals surface area contributed by atoms with Gasteiger partial charge in [-0.15, -0.1) is 0 Å². The SMILES string of the molecule is C.CCC(C)(C)C(C)(C)N1CCC(C(C)(C)CC(C)(C)N2CC3C[C@H]2CN3C(C)(C)C)CC1. The monoisotopic (exact) mass is 463 g/mol. The fourth-order valence-corrected chi connectivity index (χ4v) is 7.67. The first-order chi connectivity index (χ1) is 14.4. The lowest BCUT2D eigenvalue weighted by Crippen LogP contribution is -2.60. The summed E-state index contributed by atoms with van der Waals surface area (Å²) in [4.78, 5) is 8.46. The van der Waals surface area contributed by atoms with Crippen molar-refractivity contribution < 1.29 is 0 Å². The molecule has 3 fully saturated rings. The van der Waals surface area contributed by atoms with Crippen molar-refractivity contribution in [2.45, 2.75) is 151 Å². The van der Waals surface area contributed by atoms with E-state index >= 15 is 0 Å². The van der Waals surface area contributed by atoms with E-state index in [0.29, 0.717) is 16.4 Å². The van der Waals surface area contributed by atoms with Gasteiger partial charge in [0.15, 0.2) is 0 Å². The van der Waals surface area contributed by atoms with Gasteiger partial charge in [-0.1, -0.05) is 42.0 Å². The summed E-state index contributed by atoms with van der Waals surface area (Å²) >= 11 is 0. The Morgan fingerprint density at radius 2 is 1.21 bits per heavy atom. The van der Waals surface area contributed by atoms with E-state index in [1.54, 1.807) is 0 Å². The molecule has 0 aromatic carbocycles. The molecule has 1 unspecified atom stereocenters. The Bertz CT molecular complexity index is 646. The molecule has 0 aliphatic carbocycles. The predicted octanol–water partition coefficient (Wildman–Crippen LogP) is 7.30. The summed E-state index contributed by atoms with van der Waals surface area (Å²) in [5, 5.41) is 0. The molecule has 196 valence electrons. The van der Waals surface area contributed by atoms with E-state index in [1.807, 2.05) is 0 Å². The molecule has 2 bridgehead atoms. The minimum absolute atomic E-state index is 0. The van der Waals surface area contributed by atoms with Gasteiger partial charge in [0.05, 0.1) is 0 Å². The molecule has 0 N–H and O–H groups in total. The molecule has 0 amide bonds. The van der Waals surface area contributed by atoms with E-state index in [2.05, 4.69) is 97.8 Å². The van der Waals surface area contributed by atoms with Gasteiger partial charge >= 0.3 is 0 Å². The first kappa shape index (κ1) is 29.1. The lowest BCUT2D eigenvalue weighted by atomic mass is 9.66. The number of rotatable bonds is 7. The van der Waals surface area contributed by atoms with Crippen molar-refractivity contribution in [3.05, 3.63) is 0 Å². The van der Waals surface area contributed by atoms with E-state index in [4.69, 9.17) is 0 Å². The van der Waals surface area contributed by atoms with Gasteiger partial charge in [0.2, 0.25) is 0 Å². The van der Waals surface area contributed by atoms with Gasteiger partial charge in [0.1, 0.15) is 0 Å². The number of fused-ring (bicyclic) bond motifs is 2. The molecular formula is C30H61N3. The lowest BCUT2D eigenvalue weighted by Gasteiger charge is -2.54. The molecule has 3 rings (SSSR count). The Morgan fingerprint density at radius 1 is 0.727 bits per heavy atom. The van der Waals surface area contributed by atoms with Crippen LogP contribution in [0.3, 0.4) is 0 Å². The first-order valence-corrected chi connectivity index (χ1v) is 13.7. The molecule has 0 aromatic rings. The van der Waals surface area contributed by atoms with E-state index in [9.17, 15) is 0 Å². The topological polar surface area (TPSA) is 9.72 Å². The predicted molar refractivity (Wildman–Crippen MR) is 147 cm³/mol. The van der Waals surface area contributed by atoms with Crippen molar-refractivity contribution in [1.82, 2.24) is 14.7 Å². The van der Waals surface area contributed by atoms with Crippen LogP contribution in [0.4, 0.5) is 0 Å². The zero-order chi connectivity index (χ0) is 24.3. The van der Waals surface area contributed by atoms with Crippen molar-refractivity contribution in [1.29, 1.82) is 0 Å². The average molecular weight is 464 g/mol. The Morgan fingerprint density at radius 3 is 1.64 bits per heavy atom. The second-order valence-electron chi connectivity index (χ2n) is 15.1. The van der Waals surface area contributed by atoms with Gasteiger partial charge in [-0.05, 0) is 110 Å². The molecule has 3 heteroatoms. The zero-order valence-corrected chi connectivity index (χ0v) is 23.9. The van der Waals surface area contributed by atoms with Crippen molar-refractivity contribution in [2.24, 2.45) is 16.7 Å². The van der Waals surface area contributed by atoms with Crippen LogP contribution in [0.15, 0.2) is 0 Å². The second kappa shape index (κ2) is 9.40. The first-order valence-electron chi connectivity index (χ1n) is 13.7. The van der Waals surface area contributed by atoms with Gasteiger partial charge in [-0.3, -0.25) is 14.7 Å². The molecule has 0 radical (unpaired) electrons. The highest BCUT2D eigenvalue weighted by Gasteiger charge is 2.52. The summed E-state index contributed by atoms with van der Waals surface area (Å²) in [6, 6.07) is 1.51. The largest absolute Gasteiger partial charge is 0.298 e. The van der Waals surface area contributed by atoms with E-state index in [1.165, 1.54) is 58.3 Å². The van der Waals surface area contributed by atoms with Crippen LogP contribution >= 0.6 is 0 Å². The van der Waals surface area contributed by atoms with Gasteiger partial charge in [0, 0.05) is 41.8 Å². The van der Waals surface area contributed by atoms with Crippen molar-refractivity contribution in [2.75, 3.05) is 26.2 Å². The molecule has 3 aliphatic rings. The number of piperazine rings is 1. The Balaban J connectivity index is 0.00000385. The van der Waals surface area contributed by atoms with Crippen molar-refractivity contribution in [3.8, 4) is 0 Å². The van der Waals surface area contributed by atoms with E-state index < -0.39 is 0 Å². The van der Waals surface area contributed by atoms with Crippen LogP contribution in [0.1, 0.15) is 123 Å². The maximum Gasteiger partial charge on any atom is 0.0244 e. The number of likely N-dealkylation sites (tertiary alicyclic amines) is 3. The van der Waals surface area contributed by atoms with Crippen molar-refractivity contribution in [3.63, 3.8) is 0 Å². The van der Waals surface area contributed by atoms with Crippen LogP contribution in [0.2, 0.25) is 0 Å². The molecule has 33 heavy (non-hydrogen) atoms. The smallest absolute Gasteiger partial charge is 0.0244 e. The number of hydrogen-bond donors (Lipinski definition) is 0. The van der Waals surface area contributed by atoms with Gasteiger partial charge in [-0.25, -0.2) is 0 Å². The highest BCUT2D eigenvalue weighted by atomic mass is 15.4. The molecule has 0 aromatic heterocycles. The highest BCUT2D eigenvalue weighted by molar-refractivity contribution is 5.08. The molecule has 3 nitrogen and oxygen atoms in total. The summed E-state index contributed by atoms with van der Waals surface area (Å²) in [6.45, 7) is 34.7. The standard InChI is InChI=1S/C29H57N3.CH4/c1-13-27(7,8)29(11,12)30-16-14-22(15-17-30)26(5,6)21-28(9,10)32-20-23-18-24(32)19-31(23)25(2,3)4;/h22-24H,13-21H2,1-12H3;1H4/t23?,24-;/m0./s1. The number of piperidine rings is 1. The van der Waals surface area contributed by atoms with Crippen LogP contribution in [-0.2, 0) is 0 Å². The van der Waals surface area contributed by atoms with E-state index in [0.717, 1.165) is 18.0 Å². The molecule has 3 aliphatic heterocycles. The van der Waals surface area contributed by atoms with Crippen LogP contribution in [0, 0.1) is 16.7 Å². The van der Waals surface area contributed by atoms with Gasteiger partial charge in [0.25, 0.3) is 0 Å². The Kier molecular flexibility index (Phi) is 8.29.